The van der Waals surface area contributed by atoms with Gasteiger partial charge in [0.25, 0.3) is 5.91 Å². The molecule has 3 aromatic rings. The van der Waals surface area contributed by atoms with E-state index in [9.17, 15) is 4.79 Å². The number of aromatic nitrogens is 4. The molecule has 0 spiro atoms. The van der Waals surface area contributed by atoms with Crippen LogP contribution in [-0.4, -0.2) is 26.5 Å². The molecule has 0 radical (unpaired) electrons. The smallest absolute Gasteiger partial charge is 0.255 e. The third-order valence-corrected chi connectivity index (χ3v) is 4.11. The first-order valence-electron chi connectivity index (χ1n) is 7.57. The maximum atomic E-state index is 12.4. The second-order valence-electron chi connectivity index (χ2n) is 5.60. The number of aromatic amines is 1. The fraction of sp³-hybridized carbons (Fsp3) is 0.176. The first-order chi connectivity index (χ1) is 11.3. The van der Waals surface area contributed by atoms with E-state index in [2.05, 4.69) is 38.1 Å². The van der Waals surface area contributed by atoms with E-state index in [4.69, 9.17) is 0 Å². The molecule has 23 heavy (non-hydrogen) atoms. The highest BCUT2D eigenvalue weighted by molar-refractivity contribution is 6.04. The summed E-state index contributed by atoms with van der Waals surface area (Å²) < 4.78 is 0. The lowest BCUT2D eigenvalue weighted by molar-refractivity contribution is 0.102. The number of anilines is 1. The maximum absolute atomic E-state index is 12.4. The number of carbonyl (C=O) groups is 1. The van der Waals surface area contributed by atoms with E-state index < -0.39 is 0 Å². The fourth-order valence-corrected chi connectivity index (χ4v) is 2.91. The van der Waals surface area contributed by atoms with Crippen LogP contribution in [0.2, 0.25) is 0 Å². The van der Waals surface area contributed by atoms with Crippen LogP contribution in [0.3, 0.4) is 0 Å². The minimum absolute atomic E-state index is 0.123. The number of nitrogens with one attached hydrogen (secondary N) is 2. The number of H-pyrrole nitrogens is 1. The number of tetrazole rings is 1. The van der Waals surface area contributed by atoms with Crippen molar-refractivity contribution in [2.75, 3.05) is 5.32 Å². The van der Waals surface area contributed by atoms with E-state index in [1.165, 1.54) is 17.5 Å². The number of hydrogen-bond donors (Lipinski definition) is 2. The number of amides is 1. The van der Waals surface area contributed by atoms with Crippen molar-refractivity contribution >= 4 is 11.6 Å². The molecule has 1 aromatic heterocycles. The third-order valence-electron chi connectivity index (χ3n) is 4.11. The minimum atomic E-state index is -0.123. The van der Waals surface area contributed by atoms with Gasteiger partial charge in [-0.2, -0.15) is 5.21 Å². The lowest BCUT2D eigenvalue weighted by atomic mass is 10.1. The Bertz CT molecular complexity index is 840. The number of benzene rings is 2. The standard InChI is InChI=1S/C17H15N5O/c23-17(18-15-9-8-11-2-1-3-14(11)10-15)13-6-4-12(5-7-13)16-19-21-22-20-16/h4-10H,1-3H2,(H,18,23)(H,19,20,21,22). The lowest BCUT2D eigenvalue weighted by Crippen LogP contribution is -2.12. The fourth-order valence-electron chi connectivity index (χ4n) is 2.91. The molecule has 6 nitrogen and oxygen atoms in total. The summed E-state index contributed by atoms with van der Waals surface area (Å²) in [5.41, 5.74) is 4.99. The van der Waals surface area contributed by atoms with Crippen LogP contribution in [0.5, 0.6) is 0 Å². The Morgan fingerprint density at radius 1 is 1.04 bits per heavy atom. The molecule has 2 N–H and O–H groups in total. The summed E-state index contributed by atoms with van der Waals surface area (Å²) in [4.78, 5) is 12.4. The van der Waals surface area contributed by atoms with Gasteiger partial charge in [-0.3, -0.25) is 4.79 Å². The van der Waals surface area contributed by atoms with E-state index >= 15 is 0 Å². The van der Waals surface area contributed by atoms with Crippen molar-refractivity contribution in [1.29, 1.82) is 0 Å². The summed E-state index contributed by atoms with van der Waals surface area (Å²) in [5, 5.41) is 16.7. The first kappa shape index (κ1) is 13.6. The van der Waals surface area contributed by atoms with Gasteiger partial charge in [0.1, 0.15) is 0 Å². The largest absolute Gasteiger partial charge is 0.322 e. The zero-order valence-corrected chi connectivity index (χ0v) is 12.4. The summed E-state index contributed by atoms with van der Waals surface area (Å²) in [6.07, 6.45) is 3.43. The van der Waals surface area contributed by atoms with Gasteiger partial charge < -0.3 is 5.32 Å². The van der Waals surface area contributed by atoms with Gasteiger partial charge in [0.05, 0.1) is 0 Å². The highest BCUT2D eigenvalue weighted by atomic mass is 16.1. The predicted molar refractivity (Wildman–Crippen MR) is 86.0 cm³/mol. The number of carbonyl (C=O) groups excluding carboxylic acids is 1. The first-order valence-corrected chi connectivity index (χ1v) is 7.57. The SMILES string of the molecule is O=C(Nc1ccc2c(c1)CCC2)c1ccc(-c2nn[nH]n2)cc1. The quantitative estimate of drug-likeness (QED) is 0.779. The Kier molecular flexibility index (Phi) is 3.34. The van der Waals surface area contributed by atoms with Gasteiger partial charge >= 0.3 is 0 Å². The van der Waals surface area contributed by atoms with Crippen molar-refractivity contribution in [3.8, 4) is 11.4 Å². The molecule has 6 heteroatoms. The van der Waals surface area contributed by atoms with E-state index in [1.54, 1.807) is 12.1 Å². The topological polar surface area (TPSA) is 83.6 Å². The van der Waals surface area contributed by atoms with Crippen LogP contribution in [0, 0.1) is 0 Å². The Morgan fingerprint density at radius 3 is 2.65 bits per heavy atom. The van der Waals surface area contributed by atoms with Crippen LogP contribution in [0.1, 0.15) is 27.9 Å². The van der Waals surface area contributed by atoms with Crippen LogP contribution < -0.4 is 5.32 Å². The van der Waals surface area contributed by atoms with E-state index in [-0.39, 0.29) is 5.91 Å². The molecular formula is C17H15N5O. The van der Waals surface area contributed by atoms with E-state index in [0.717, 1.165) is 24.1 Å². The molecule has 1 amide bonds. The summed E-state index contributed by atoms with van der Waals surface area (Å²) in [5.74, 6) is 0.387. The van der Waals surface area contributed by atoms with Gasteiger partial charge in [-0.1, -0.05) is 18.2 Å². The molecule has 0 saturated heterocycles. The van der Waals surface area contributed by atoms with Crippen LogP contribution >= 0.6 is 0 Å². The van der Waals surface area contributed by atoms with E-state index in [0.29, 0.717) is 11.4 Å². The van der Waals surface area contributed by atoms with Crippen molar-refractivity contribution in [1.82, 2.24) is 20.6 Å². The third kappa shape index (κ3) is 2.70. The molecule has 4 rings (SSSR count). The van der Waals surface area contributed by atoms with Crippen molar-refractivity contribution < 1.29 is 4.79 Å². The van der Waals surface area contributed by atoms with Crippen molar-refractivity contribution in [2.45, 2.75) is 19.3 Å². The molecule has 1 heterocycles. The van der Waals surface area contributed by atoms with Crippen molar-refractivity contribution in [3.05, 3.63) is 59.2 Å². The molecule has 2 aromatic carbocycles. The Morgan fingerprint density at radius 2 is 1.87 bits per heavy atom. The number of nitrogens with zero attached hydrogens (tertiary/aromatic N) is 3. The minimum Gasteiger partial charge on any atom is -0.322 e. The van der Waals surface area contributed by atoms with Gasteiger partial charge in [-0.25, -0.2) is 0 Å². The molecule has 0 atom stereocenters. The molecule has 0 unspecified atom stereocenters. The zero-order chi connectivity index (χ0) is 15.6. The van der Waals surface area contributed by atoms with Gasteiger partial charge in [0.15, 0.2) is 0 Å². The number of rotatable bonds is 3. The van der Waals surface area contributed by atoms with Gasteiger partial charge in [0.2, 0.25) is 5.82 Å². The summed E-state index contributed by atoms with van der Waals surface area (Å²) in [7, 11) is 0. The van der Waals surface area contributed by atoms with Gasteiger partial charge in [-0.05, 0) is 59.9 Å². The normalized spacial score (nSPS) is 12.9. The molecule has 1 aliphatic rings. The Balaban J connectivity index is 1.51. The Labute approximate surface area is 132 Å². The van der Waals surface area contributed by atoms with Crippen LogP contribution in [0.15, 0.2) is 42.5 Å². The second-order valence-corrected chi connectivity index (χ2v) is 5.60. The number of aryl methyl sites for hydroxylation is 2. The Hall–Kier alpha value is -3.02. The second kappa shape index (κ2) is 5.64. The molecule has 1 aliphatic carbocycles. The average Bonchev–Trinajstić information content (AvgIpc) is 3.26. The van der Waals surface area contributed by atoms with Gasteiger partial charge in [-0.15, -0.1) is 10.2 Å². The molecule has 0 fully saturated rings. The summed E-state index contributed by atoms with van der Waals surface area (Å²) >= 11 is 0. The van der Waals surface area contributed by atoms with Crippen LogP contribution in [0.4, 0.5) is 5.69 Å². The zero-order valence-electron chi connectivity index (χ0n) is 12.4. The molecular weight excluding hydrogens is 290 g/mol. The molecule has 0 aliphatic heterocycles. The molecule has 0 saturated carbocycles. The number of hydrogen-bond acceptors (Lipinski definition) is 4. The summed E-state index contributed by atoms with van der Waals surface area (Å²) in [6.45, 7) is 0. The molecule has 0 bridgehead atoms. The van der Waals surface area contributed by atoms with Gasteiger partial charge in [0, 0.05) is 16.8 Å². The lowest BCUT2D eigenvalue weighted by Gasteiger charge is -2.08. The number of fused-ring (bicyclic) bond motifs is 1. The van der Waals surface area contributed by atoms with Crippen molar-refractivity contribution in [3.63, 3.8) is 0 Å². The van der Waals surface area contributed by atoms with Crippen LogP contribution in [0.25, 0.3) is 11.4 Å². The highest BCUT2D eigenvalue weighted by Gasteiger charge is 2.13. The molecule has 114 valence electrons. The highest BCUT2D eigenvalue weighted by Crippen LogP contribution is 2.25. The average molecular weight is 305 g/mol. The van der Waals surface area contributed by atoms with Crippen molar-refractivity contribution in [2.24, 2.45) is 0 Å². The predicted octanol–water partition coefficient (Wildman–Crippen LogP) is 2.61. The summed E-state index contributed by atoms with van der Waals surface area (Å²) in [6, 6.07) is 13.3. The maximum Gasteiger partial charge on any atom is 0.255 e. The monoisotopic (exact) mass is 305 g/mol. The van der Waals surface area contributed by atoms with E-state index in [1.807, 2.05) is 18.2 Å². The van der Waals surface area contributed by atoms with Crippen LogP contribution in [-0.2, 0) is 12.8 Å².